The van der Waals surface area contributed by atoms with Crippen LogP contribution in [0, 0.1) is 21.6 Å². The Labute approximate surface area is 130 Å². The fraction of sp³-hybridized carbons (Fsp3) is 0.571. The third-order valence-corrected chi connectivity index (χ3v) is 3.95. The number of aromatic nitrogens is 2. The highest BCUT2D eigenvalue weighted by Crippen LogP contribution is 2.23. The minimum absolute atomic E-state index is 0.120. The van der Waals surface area contributed by atoms with Gasteiger partial charge in [0.15, 0.2) is 0 Å². The minimum Gasteiger partial charge on any atom is -0.381 e. The van der Waals surface area contributed by atoms with Crippen molar-refractivity contribution in [2.75, 3.05) is 18.5 Å². The van der Waals surface area contributed by atoms with E-state index in [1.807, 2.05) is 0 Å². The lowest BCUT2D eigenvalue weighted by molar-refractivity contribution is -0.384. The van der Waals surface area contributed by atoms with Gasteiger partial charge in [-0.05, 0) is 18.8 Å². The van der Waals surface area contributed by atoms with Crippen LogP contribution >= 0.6 is 0 Å². The van der Waals surface area contributed by atoms with Gasteiger partial charge in [0.1, 0.15) is 14.3 Å². The van der Waals surface area contributed by atoms with E-state index in [4.69, 9.17) is 4.74 Å². The van der Waals surface area contributed by atoms with Crippen molar-refractivity contribution in [2.24, 2.45) is 0 Å². The van der Waals surface area contributed by atoms with Crippen molar-refractivity contribution in [3.63, 3.8) is 0 Å². The summed E-state index contributed by atoms with van der Waals surface area (Å²) in [5, 5.41) is 14.3. The summed E-state index contributed by atoms with van der Waals surface area (Å²) < 4.78 is 5.29. The molecule has 1 saturated heterocycles. The molecule has 2 heterocycles. The number of nitrogens with one attached hydrogen (secondary N) is 1. The molecule has 0 spiro atoms. The molecule has 0 aromatic carbocycles. The molecule has 0 bridgehead atoms. The Morgan fingerprint density at radius 3 is 2.68 bits per heavy atom. The molecule has 1 aromatic heterocycles. The molecule has 1 aliphatic heterocycles. The molecule has 0 atom stereocenters. The fourth-order valence-electron chi connectivity index (χ4n) is 1.95. The molecule has 1 aliphatic rings. The van der Waals surface area contributed by atoms with E-state index in [9.17, 15) is 10.1 Å². The molecule has 1 aromatic rings. The van der Waals surface area contributed by atoms with Gasteiger partial charge in [-0.1, -0.05) is 19.6 Å². The number of anilines is 1. The Morgan fingerprint density at radius 2 is 2.09 bits per heavy atom. The SMILES string of the molecule is C[Si](C)(C)C#Cc1ncc([N+](=O)[O-])c(NC2CCOCC2)n1. The molecule has 0 saturated carbocycles. The van der Waals surface area contributed by atoms with E-state index < -0.39 is 13.0 Å². The first kappa shape index (κ1) is 16.4. The Balaban J connectivity index is 2.26. The van der Waals surface area contributed by atoms with E-state index in [0.717, 1.165) is 12.8 Å². The Hall–Kier alpha value is -1.98. The summed E-state index contributed by atoms with van der Waals surface area (Å²) in [4.78, 5) is 18.9. The van der Waals surface area contributed by atoms with Crippen molar-refractivity contribution in [3.8, 4) is 11.5 Å². The van der Waals surface area contributed by atoms with Crippen LogP contribution in [0.1, 0.15) is 18.7 Å². The van der Waals surface area contributed by atoms with Crippen molar-refractivity contribution >= 4 is 19.6 Å². The van der Waals surface area contributed by atoms with Crippen molar-refractivity contribution < 1.29 is 9.66 Å². The summed E-state index contributed by atoms with van der Waals surface area (Å²) in [7, 11) is -1.55. The third-order valence-electron chi connectivity index (χ3n) is 3.08. The lowest BCUT2D eigenvalue weighted by Crippen LogP contribution is -2.28. The molecule has 0 aliphatic carbocycles. The summed E-state index contributed by atoms with van der Waals surface area (Å²) in [5.41, 5.74) is 3.04. The van der Waals surface area contributed by atoms with Crippen LogP contribution in [0.15, 0.2) is 6.20 Å². The average molecular weight is 320 g/mol. The normalized spacial score (nSPS) is 15.8. The molecule has 0 amide bonds. The van der Waals surface area contributed by atoms with Gasteiger partial charge in [0.25, 0.3) is 0 Å². The predicted molar refractivity (Wildman–Crippen MR) is 86.4 cm³/mol. The van der Waals surface area contributed by atoms with Crippen molar-refractivity contribution in [1.82, 2.24) is 9.97 Å². The molecular formula is C14H20N4O3Si. The van der Waals surface area contributed by atoms with Gasteiger partial charge in [0, 0.05) is 19.3 Å². The van der Waals surface area contributed by atoms with Gasteiger partial charge in [-0.25, -0.2) is 4.98 Å². The molecule has 0 radical (unpaired) electrons. The van der Waals surface area contributed by atoms with E-state index in [-0.39, 0.29) is 17.5 Å². The Morgan fingerprint density at radius 1 is 1.41 bits per heavy atom. The average Bonchev–Trinajstić information content (AvgIpc) is 2.45. The predicted octanol–water partition coefficient (Wildman–Crippen LogP) is 2.20. The van der Waals surface area contributed by atoms with Crippen molar-refractivity contribution in [3.05, 3.63) is 22.1 Å². The molecule has 2 rings (SSSR count). The van der Waals surface area contributed by atoms with Crippen LogP contribution < -0.4 is 5.32 Å². The van der Waals surface area contributed by atoms with Crippen molar-refractivity contribution in [2.45, 2.75) is 38.5 Å². The van der Waals surface area contributed by atoms with E-state index in [2.05, 4.69) is 46.4 Å². The van der Waals surface area contributed by atoms with E-state index >= 15 is 0 Å². The van der Waals surface area contributed by atoms with Crippen LogP contribution in [0.3, 0.4) is 0 Å². The zero-order valence-electron chi connectivity index (χ0n) is 13.0. The largest absolute Gasteiger partial charge is 0.381 e. The first-order chi connectivity index (χ1) is 10.3. The van der Waals surface area contributed by atoms with E-state index in [1.165, 1.54) is 6.20 Å². The number of rotatable bonds is 3. The standard InChI is InChI=1S/C14H20N4O3Si/c1-22(2,3)9-6-13-15-10-12(18(19)20)14(17-13)16-11-4-7-21-8-5-11/h10-11H,4-5,7-8H2,1-3H3,(H,15,16,17). The fourth-order valence-corrected chi connectivity index (χ4v) is 2.44. The zero-order chi connectivity index (χ0) is 16.2. The lowest BCUT2D eigenvalue weighted by Gasteiger charge is -2.23. The van der Waals surface area contributed by atoms with Crippen LogP contribution in [0.4, 0.5) is 11.5 Å². The number of nitrogens with zero attached hydrogens (tertiary/aromatic N) is 3. The second-order valence-corrected chi connectivity index (χ2v) is 11.0. The molecule has 118 valence electrons. The second-order valence-electron chi connectivity index (χ2n) is 6.22. The number of hydrogen-bond acceptors (Lipinski definition) is 6. The van der Waals surface area contributed by atoms with Crippen LogP contribution in [-0.2, 0) is 4.74 Å². The molecule has 1 N–H and O–H groups in total. The lowest BCUT2D eigenvalue weighted by atomic mass is 10.1. The monoisotopic (exact) mass is 320 g/mol. The number of ether oxygens (including phenoxy) is 1. The first-order valence-corrected chi connectivity index (χ1v) is 10.7. The smallest absolute Gasteiger partial charge is 0.329 e. The van der Waals surface area contributed by atoms with Gasteiger partial charge >= 0.3 is 5.69 Å². The summed E-state index contributed by atoms with van der Waals surface area (Å²) in [6.07, 6.45) is 2.83. The maximum absolute atomic E-state index is 11.1. The van der Waals surface area contributed by atoms with Crippen LogP contribution in [-0.4, -0.2) is 42.2 Å². The van der Waals surface area contributed by atoms with Gasteiger partial charge in [-0.2, -0.15) is 4.98 Å². The zero-order valence-corrected chi connectivity index (χ0v) is 14.0. The topological polar surface area (TPSA) is 90.2 Å². The summed E-state index contributed by atoms with van der Waals surface area (Å²) in [5.74, 6) is 3.49. The molecule has 22 heavy (non-hydrogen) atoms. The maximum atomic E-state index is 11.1. The summed E-state index contributed by atoms with van der Waals surface area (Å²) >= 11 is 0. The molecule has 8 heteroatoms. The quantitative estimate of drug-likeness (QED) is 0.397. The van der Waals surface area contributed by atoms with Crippen molar-refractivity contribution in [1.29, 1.82) is 0 Å². The highest BCUT2D eigenvalue weighted by atomic mass is 28.3. The Kier molecular flexibility index (Phi) is 5.10. The highest BCUT2D eigenvalue weighted by Gasteiger charge is 2.21. The van der Waals surface area contributed by atoms with E-state index in [0.29, 0.717) is 19.0 Å². The molecule has 7 nitrogen and oxygen atoms in total. The minimum atomic E-state index is -1.55. The summed E-state index contributed by atoms with van der Waals surface area (Å²) in [6.45, 7) is 7.66. The van der Waals surface area contributed by atoms with E-state index in [1.54, 1.807) is 0 Å². The van der Waals surface area contributed by atoms with Crippen LogP contribution in [0.25, 0.3) is 0 Å². The third kappa shape index (κ3) is 4.79. The van der Waals surface area contributed by atoms with Gasteiger partial charge < -0.3 is 10.1 Å². The maximum Gasteiger partial charge on any atom is 0.329 e. The van der Waals surface area contributed by atoms with Gasteiger partial charge in [-0.3, -0.25) is 10.1 Å². The van der Waals surface area contributed by atoms with Gasteiger partial charge in [0.2, 0.25) is 11.6 Å². The number of nitro groups is 1. The number of hydrogen-bond donors (Lipinski definition) is 1. The van der Waals surface area contributed by atoms with Crippen LogP contribution in [0.5, 0.6) is 0 Å². The molecular weight excluding hydrogens is 300 g/mol. The molecule has 1 fully saturated rings. The van der Waals surface area contributed by atoms with Gasteiger partial charge in [-0.15, -0.1) is 5.54 Å². The molecule has 0 unspecified atom stereocenters. The second kappa shape index (κ2) is 6.85. The Bertz CT molecular complexity index is 613. The van der Waals surface area contributed by atoms with Gasteiger partial charge in [0.05, 0.1) is 4.92 Å². The highest BCUT2D eigenvalue weighted by molar-refractivity contribution is 6.83. The first-order valence-electron chi connectivity index (χ1n) is 7.24. The summed E-state index contributed by atoms with van der Waals surface area (Å²) in [6, 6.07) is 0.125. The van der Waals surface area contributed by atoms with Crippen LogP contribution in [0.2, 0.25) is 19.6 Å².